The van der Waals surface area contributed by atoms with Crippen molar-refractivity contribution in [2.75, 3.05) is 44.4 Å². The normalized spacial score (nSPS) is 42.7. The van der Waals surface area contributed by atoms with E-state index in [0.717, 1.165) is 39.0 Å². The Morgan fingerprint density at radius 2 is 1.68 bits per heavy atom. The highest BCUT2D eigenvalue weighted by Gasteiger charge is 2.70. The van der Waals surface area contributed by atoms with Gasteiger partial charge in [0.05, 0.1) is 12.2 Å². The fraction of sp³-hybridized carbons (Fsp3) is 0.767. The average Bonchev–Trinajstić information content (AvgIpc) is 3.45. The van der Waals surface area contributed by atoms with Gasteiger partial charge >= 0.3 is 5.97 Å². The van der Waals surface area contributed by atoms with Crippen molar-refractivity contribution in [2.24, 2.45) is 57.2 Å². The Labute approximate surface area is 302 Å². The summed E-state index contributed by atoms with van der Waals surface area (Å²) in [6.07, 6.45) is 13.3. The van der Waals surface area contributed by atoms with Crippen molar-refractivity contribution in [1.29, 1.82) is 0 Å². The van der Waals surface area contributed by atoms with Crippen molar-refractivity contribution in [1.82, 2.24) is 10.2 Å². The molecule has 1 unspecified atom stereocenters. The van der Waals surface area contributed by atoms with E-state index in [1.165, 1.54) is 56.1 Å². The molecule has 2 N–H and O–H groups in total. The molecule has 50 heavy (non-hydrogen) atoms. The maximum absolute atomic E-state index is 14.6. The first-order chi connectivity index (χ1) is 23.5. The zero-order chi connectivity index (χ0) is 35.9. The first kappa shape index (κ1) is 36.6. The first-order valence-electron chi connectivity index (χ1n) is 19.9. The molecule has 5 nitrogen and oxygen atoms in total. The van der Waals surface area contributed by atoms with Gasteiger partial charge in [-0.1, -0.05) is 59.8 Å². The van der Waals surface area contributed by atoms with Crippen LogP contribution in [-0.4, -0.2) is 76.0 Å². The third kappa shape index (κ3) is 5.60. The van der Waals surface area contributed by atoms with Crippen molar-refractivity contribution in [3.05, 3.63) is 41.5 Å². The second-order valence-corrected chi connectivity index (χ2v) is 22.0. The van der Waals surface area contributed by atoms with Crippen LogP contribution in [0.25, 0.3) is 5.57 Å². The van der Waals surface area contributed by atoms with Gasteiger partial charge in [0.2, 0.25) is 0 Å². The molecule has 1 heterocycles. The van der Waals surface area contributed by atoms with E-state index >= 15 is 0 Å². The summed E-state index contributed by atoms with van der Waals surface area (Å²) in [6.45, 7) is 18.5. The number of aromatic carboxylic acids is 1. The zero-order valence-electron chi connectivity index (χ0n) is 31.9. The summed E-state index contributed by atoms with van der Waals surface area (Å²) in [4.78, 5) is 14.0. The van der Waals surface area contributed by atoms with Crippen molar-refractivity contribution < 1.29 is 18.5 Å². The molecular formula is C43H65FN2O3S. The van der Waals surface area contributed by atoms with Crippen LogP contribution in [0.2, 0.25) is 0 Å². The molecule has 0 spiro atoms. The van der Waals surface area contributed by atoms with Gasteiger partial charge in [0.15, 0.2) is 0 Å². The zero-order valence-corrected chi connectivity index (χ0v) is 32.7. The fourth-order valence-electron chi connectivity index (χ4n) is 14.1. The Balaban J connectivity index is 1.15. The van der Waals surface area contributed by atoms with E-state index in [0.29, 0.717) is 46.7 Å². The highest BCUT2D eigenvalue weighted by atomic mass is 32.2. The van der Waals surface area contributed by atoms with Gasteiger partial charge < -0.3 is 15.3 Å². The molecule has 0 aromatic heterocycles. The minimum atomic E-state index is -1.89. The molecule has 278 valence electrons. The number of hydrogen-bond donors (Lipinski definition) is 2. The third-order valence-corrected chi connectivity index (χ3v) is 18.8. The van der Waals surface area contributed by atoms with E-state index in [2.05, 4.69) is 63.7 Å². The van der Waals surface area contributed by atoms with Gasteiger partial charge in [-0.25, -0.2) is 4.79 Å². The third-order valence-electron chi connectivity index (χ3n) is 16.9. The molecule has 10 atom stereocenters. The summed E-state index contributed by atoms with van der Waals surface area (Å²) in [7, 11) is -1.89. The maximum atomic E-state index is 14.6. The van der Waals surface area contributed by atoms with Crippen LogP contribution in [0.4, 0.5) is 4.39 Å². The van der Waals surface area contributed by atoms with E-state index in [4.69, 9.17) is 0 Å². The number of nitrogens with zero attached hydrogens (tertiary/aromatic N) is 1. The van der Waals surface area contributed by atoms with Crippen LogP contribution in [-0.2, 0) is 9.52 Å². The largest absolute Gasteiger partial charge is 0.478 e. The van der Waals surface area contributed by atoms with Crippen LogP contribution in [0.1, 0.15) is 115 Å². The standard InChI is InChI=1S/C43H65FN2O3S/c1-29(28-44)32-14-19-43(45-22-23-46-24-26-50(7,49)27-25-46)21-20-41(5)34(37(32)43)12-13-36-40(4)17-15-33(30-8-10-31(11-9-30)38(47)48)39(2,3)35(40)16-18-42(36,41)6/h8-11,15,29,32,34-37,45H,7,12-14,16-28H2,1-6H3,(H,47,48)/t29?,32-,34+,35-,36+,37+,40-,41+,42+,43-/m0/s1. The summed E-state index contributed by atoms with van der Waals surface area (Å²) in [5, 5.41) is 13.7. The molecule has 1 saturated heterocycles. The van der Waals surface area contributed by atoms with Crippen LogP contribution < -0.4 is 5.32 Å². The Morgan fingerprint density at radius 1 is 0.980 bits per heavy atom. The molecule has 1 aliphatic heterocycles. The maximum Gasteiger partial charge on any atom is 0.335 e. The summed E-state index contributed by atoms with van der Waals surface area (Å²) < 4.78 is 27.0. The molecular weight excluding hydrogens is 644 g/mol. The fourth-order valence-corrected chi connectivity index (χ4v) is 15.5. The number of carbonyl (C=O) groups is 1. The number of halogens is 1. The SMILES string of the molecule is C=S1(=O)CCN(CCN[C@]23CC[C@@H](C(C)CF)[C@@H]2[C@H]2CC[C@@H]4[C@@]5(C)CC=C(c6ccc(C(=O)O)cc6)C(C)(C)[C@@H]5CC[C@@]4(C)[C@]2(C)CC3)CC1. The number of fused-ring (bicyclic) bond motifs is 7. The molecule has 7 rings (SSSR count). The molecule has 7 heteroatoms. The second kappa shape index (κ2) is 12.7. The molecule has 0 amide bonds. The number of benzene rings is 1. The lowest BCUT2D eigenvalue weighted by Crippen LogP contribution is -2.68. The number of hydrogen-bond acceptors (Lipinski definition) is 4. The summed E-state index contributed by atoms with van der Waals surface area (Å²) in [5.74, 6) is 7.37. The van der Waals surface area contributed by atoms with Crippen LogP contribution in [0.5, 0.6) is 0 Å². The quantitative estimate of drug-likeness (QED) is 0.266. The van der Waals surface area contributed by atoms with Crippen LogP contribution >= 0.6 is 0 Å². The van der Waals surface area contributed by atoms with Gasteiger partial charge in [-0.2, -0.15) is 0 Å². The monoisotopic (exact) mass is 708 g/mol. The molecule has 0 bridgehead atoms. The Hall–Kier alpha value is -1.70. The van der Waals surface area contributed by atoms with Crippen molar-refractivity contribution in [3.8, 4) is 0 Å². The van der Waals surface area contributed by atoms with Gasteiger partial charge in [0.25, 0.3) is 0 Å². The molecule has 1 aromatic rings. The number of rotatable bonds is 8. The van der Waals surface area contributed by atoms with Gasteiger partial charge in [0.1, 0.15) is 0 Å². The molecule has 0 radical (unpaired) electrons. The minimum absolute atomic E-state index is 0.00589. The lowest BCUT2D eigenvalue weighted by Gasteiger charge is -2.72. The van der Waals surface area contributed by atoms with E-state index in [-0.39, 0.29) is 39.8 Å². The highest BCUT2D eigenvalue weighted by molar-refractivity contribution is 8.00. The predicted molar refractivity (Wildman–Crippen MR) is 206 cm³/mol. The van der Waals surface area contributed by atoms with E-state index in [9.17, 15) is 18.5 Å². The van der Waals surface area contributed by atoms with Crippen molar-refractivity contribution >= 4 is 26.9 Å². The van der Waals surface area contributed by atoms with Gasteiger partial charge in [0, 0.05) is 43.2 Å². The predicted octanol–water partition coefficient (Wildman–Crippen LogP) is 8.44. The van der Waals surface area contributed by atoms with Gasteiger partial charge in [-0.3, -0.25) is 8.60 Å². The van der Waals surface area contributed by atoms with E-state index in [1.54, 1.807) is 12.1 Å². The molecule has 6 aliphatic rings. The molecule has 1 aromatic carbocycles. The van der Waals surface area contributed by atoms with Gasteiger partial charge in [-0.15, -0.1) is 0 Å². The number of nitrogens with one attached hydrogen (secondary N) is 1. The van der Waals surface area contributed by atoms with Crippen molar-refractivity contribution in [2.45, 2.75) is 105 Å². The Morgan fingerprint density at radius 3 is 2.34 bits per heavy atom. The first-order valence-corrected chi connectivity index (χ1v) is 22.0. The summed E-state index contributed by atoms with van der Waals surface area (Å²) in [6, 6.07) is 7.56. The van der Waals surface area contributed by atoms with Crippen LogP contribution in [0.3, 0.4) is 0 Å². The number of carboxylic acid groups (broad SMARTS) is 1. The van der Waals surface area contributed by atoms with Gasteiger partial charge in [-0.05, 0) is 154 Å². The summed E-state index contributed by atoms with van der Waals surface area (Å²) >= 11 is 0. The van der Waals surface area contributed by atoms with Crippen LogP contribution in [0.15, 0.2) is 30.3 Å². The Kier molecular flexibility index (Phi) is 9.32. The lowest BCUT2D eigenvalue weighted by atomic mass is 9.33. The number of alkyl halides is 1. The topological polar surface area (TPSA) is 69.6 Å². The van der Waals surface area contributed by atoms with E-state index < -0.39 is 15.5 Å². The lowest BCUT2D eigenvalue weighted by molar-refractivity contribution is -0.221. The Bertz CT molecular complexity index is 1590. The second-order valence-electron chi connectivity index (χ2n) is 19.3. The highest BCUT2D eigenvalue weighted by Crippen LogP contribution is 2.76. The molecule has 5 fully saturated rings. The van der Waals surface area contributed by atoms with Crippen molar-refractivity contribution in [3.63, 3.8) is 0 Å². The van der Waals surface area contributed by atoms with Crippen LogP contribution in [0, 0.1) is 57.2 Å². The average molecular weight is 709 g/mol. The molecule has 5 aliphatic carbocycles. The smallest absolute Gasteiger partial charge is 0.335 e. The number of carboxylic acids is 1. The summed E-state index contributed by atoms with van der Waals surface area (Å²) in [5.41, 5.74) is 3.64. The van der Waals surface area contributed by atoms with E-state index in [1.807, 2.05) is 12.1 Å². The molecule has 4 saturated carbocycles. The minimum Gasteiger partial charge on any atom is -0.478 e. The number of allylic oxidation sites excluding steroid dienone is 2.